The molecule has 0 bridgehead atoms. The van der Waals surface area contributed by atoms with Gasteiger partial charge < -0.3 is 0 Å². The minimum atomic E-state index is 0.897. The third-order valence-corrected chi connectivity index (χ3v) is 7.78. The van der Waals surface area contributed by atoms with Gasteiger partial charge in [-0.3, -0.25) is 0 Å². The number of unbranched alkanes of at least 4 members (excludes halogenated alkanes) is 22. The van der Waals surface area contributed by atoms with Crippen LogP contribution in [0.25, 0.3) is 0 Å². The molecule has 1 unspecified atom stereocenters. The summed E-state index contributed by atoms with van der Waals surface area (Å²) in [7, 11) is 0. The van der Waals surface area contributed by atoms with Gasteiger partial charge in [0.25, 0.3) is 0 Å². The van der Waals surface area contributed by atoms with Gasteiger partial charge >= 0.3 is 0 Å². The van der Waals surface area contributed by atoms with E-state index in [1.807, 2.05) is 0 Å². The summed E-state index contributed by atoms with van der Waals surface area (Å²) >= 11 is 0. The number of hydrogen-bond acceptors (Lipinski definition) is 0. The normalized spacial score (nSPS) is 12.6. The quantitative estimate of drug-likeness (QED) is 0.101. The van der Waals surface area contributed by atoms with Gasteiger partial charge in [0, 0.05) is 0 Å². The molecule has 0 aromatic carbocycles. The second kappa shape index (κ2) is 28.2. The van der Waals surface area contributed by atoms with Crippen LogP contribution in [-0.4, -0.2) is 0 Å². The van der Waals surface area contributed by atoms with Gasteiger partial charge in [-0.1, -0.05) is 201 Å². The molecule has 0 heteroatoms. The van der Waals surface area contributed by atoms with Crippen LogP contribution in [0.3, 0.4) is 0 Å². The van der Waals surface area contributed by atoms with Gasteiger partial charge in [0.1, 0.15) is 0 Å². The Bertz CT molecular complexity index is 331. The van der Waals surface area contributed by atoms with Crippen LogP contribution in [0.5, 0.6) is 0 Å². The van der Waals surface area contributed by atoms with E-state index in [-0.39, 0.29) is 0 Å². The van der Waals surface area contributed by atoms with Crippen molar-refractivity contribution in [2.24, 2.45) is 11.8 Å². The molecular weight excluding hydrogens is 396 g/mol. The maximum absolute atomic E-state index is 2.48. The molecule has 0 nitrogen and oxygen atoms in total. The van der Waals surface area contributed by atoms with Crippen LogP contribution in [0, 0.1) is 11.8 Å². The molecule has 0 heterocycles. The minimum Gasteiger partial charge on any atom is -0.0654 e. The second-order valence-electron chi connectivity index (χ2n) is 12.0. The highest BCUT2D eigenvalue weighted by Crippen LogP contribution is 2.19. The molecule has 0 rings (SSSR count). The van der Waals surface area contributed by atoms with Crippen LogP contribution in [0.2, 0.25) is 0 Å². The van der Waals surface area contributed by atoms with Crippen molar-refractivity contribution in [1.29, 1.82) is 0 Å². The van der Waals surface area contributed by atoms with Crippen molar-refractivity contribution in [1.82, 2.24) is 0 Å². The first-order chi connectivity index (χ1) is 16.2. The lowest BCUT2D eigenvalue weighted by Crippen LogP contribution is -1.95. The molecule has 0 aromatic rings. The molecule has 1 atom stereocenters. The summed E-state index contributed by atoms with van der Waals surface area (Å²) in [4.78, 5) is 0. The lowest BCUT2D eigenvalue weighted by atomic mass is 9.96. The molecule has 0 N–H and O–H groups in total. The molecule has 0 amide bonds. The average Bonchev–Trinajstić information content (AvgIpc) is 2.80. The van der Waals surface area contributed by atoms with E-state index in [0.29, 0.717) is 0 Å². The molecule has 200 valence electrons. The smallest absolute Gasteiger partial charge is 0.0443 e. The highest BCUT2D eigenvalue weighted by atomic mass is 14.1. The van der Waals surface area contributed by atoms with Crippen LogP contribution in [0.15, 0.2) is 0 Å². The van der Waals surface area contributed by atoms with E-state index in [4.69, 9.17) is 0 Å². The maximum Gasteiger partial charge on any atom is -0.0443 e. The zero-order valence-corrected chi connectivity index (χ0v) is 24.2. The largest absolute Gasteiger partial charge is 0.0654 e. The molecule has 0 aliphatic carbocycles. The summed E-state index contributed by atoms with van der Waals surface area (Å²) in [5, 5.41) is 0. The Balaban J connectivity index is 3.08. The molecule has 0 fully saturated rings. The fraction of sp³-hybridized carbons (Fsp3) is 1.00. The maximum atomic E-state index is 2.48. The van der Waals surface area contributed by atoms with Crippen molar-refractivity contribution in [3.8, 4) is 0 Å². The van der Waals surface area contributed by atoms with Gasteiger partial charge in [-0.2, -0.15) is 0 Å². The predicted octanol–water partition coefficient (Wildman–Crippen LogP) is 12.8. The Morgan fingerprint density at radius 1 is 0.303 bits per heavy atom. The highest BCUT2D eigenvalue weighted by Gasteiger charge is 2.02. The van der Waals surface area contributed by atoms with Crippen LogP contribution in [0.1, 0.15) is 201 Å². The first-order valence-electron chi connectivity index (χ1n) is 16.2. The van der Waals surface area contributed by atoms with E-state index in [2.05, 4.69) is 27.7 Å². The summed E-state index contributed by atoms with van der Waals surface area (Å²) in [6, 6.07) is 0. The Morgan fingerprint density at radius 3 is 0.818 bits per heavy atom. The molecule has 0 radical (unpaired) electrons. The van der Waals surface area contributed by atoms with Gasteiger partial charge in [-0.15, -0.1) is 0 Å². The highest BCUT2D eigenvalue weighted by molar-refractivity contribution is 4.56. The van der Waals surface area contributed by atoms with Gasteiger partial charge in [0.05, 0.1) is 0 Å². The third-order valence-electron chi connectivity index (χ3n) is 7.78. The molecule has 0 aromatic heterocycles. The molecular formula is C33H68. The van der Waals surface area contributed by atoms with Crippen LogP contribution in [0.4, 0.5) is 0 Å². The molecule has 0 spiro atoms. The van der Waals surface area contributed by atoms with Crippen molar-refractivity contribution in [3.63, 3.8) is 0 Å². The van der Waals surface area contributed by atoms with Gasteiger partial charge in [0.2, 0.25) is 0 Å². The predicted molar refractivity (Wildman–Crippen MR) is 154 cm³/mol. The first-order valence-corrected chi connectivity index (χ1v) is 16.2. The molecule has 33 heavy (non-hydrogen) atoms. The van der Waals surface area contributed by atoms with Crippen LogP contribution >= 0.6 is 0 Å². The number of hydrogen-bond donors (Lipinski definition) is 0. The minimum absolute atomic E-state index is 0.897. The summed E-state index contributed by atoms with van der Waals surface area (Å²) in [6.45, 7) is 9.48. The Morgan fingerprint density at radius 2 is 0.545 bits per heavy atom. The fourth-order valence-electron chi connectivity index (χ4n) is 5.29. The monoisotopic (exact) mass is 465 g/mol. The van der Waals surface area contributed by atoms with Gasteiger partial charge in [0.15, 0.2) is 0 Å². The zero-order valence-electron chi connectivity index (χ0n) is 24.2. The van der Waals surface area contributed by atoms with Crippen molar-refractivity contribution in [2.45, 2.75) is 201 Å². The summed E-state index contributed by atoms with van der Waals surface area (Å²) in [5.41, 5.74) is 0. The van der Waals surface area contributed by atoms with Crippen molar-refractivity contribution < 1.29 is 0 Å². The van der Waals surface area contributed by atoms with E-state index >= 15 is 0 Å². The molecule has 0 saturated heterocycles. The number of rotatable bonds is 28. The van der Waals surface area contributed by atoms with Gasteiger partial charge in [-0.25, -0.2) is 0 Å². The molecule has 0 aliphatic heterocycles. The average molecular weight is 465 g/mol. The second-order valence-corrected chi connectivity index (χ2v) is 12.0. The molecule has 0 saturated carbocycles. The van der Waals surface area contributed by atoms with Crippen molar-refractivity contribution in [3.05, 3.63) is 0 Å². The topological polar surface area (TPSA) is 0 Å². The zero-order chi connectivity index (χ0) is 24.2. The summed E-state index contributed by atoms with van der Waals surface area (Å²) in [6.07, 6.45) is 39.8. The first kappa shape index (κ1) is 33.0. The Labute approximate surface area is 212 Å². The van der Waals surface area contributed by atoms with E-state index in [1.54, 1.807) is 0 Å². The van der Waals surface area contributed by atoms with E-state index in [0.717, 1.165) is 11.8 Å². The van der Waals surface area contributed by atoms with Crippen molar-refractivity contribution >= 4 is 0 Å². The SMILES string of the molecule is CCCCCCC(C)CCCCCCCCCCCCCCCCCCCCCCC(C)C. The lowest BCUT2D eigenvalue weighted by molar-refractivity contribution is 0.433. The lowest BCUT2D eigenvalue weighted by Gasteiger charge is -2.10. The summed E-state index contributed by atoms with van der Waals surface area (Å²) in [5.74, 6) is 1.87. The van der Waals surface area contributed by atoms with Crippen molar-refractivity contribution in [2.75, 3.05) is 0 Å². The van der Waals surface area contributed by atoms with E-state index in [9.17, 15) is 0 Å². The third kappa shape index (κ3) is 30.0. The van der Waals surface area contributed by atoms with Crippen LogP contribution in [-0.2, 0) is 0 Å². The fourth-order valence-corrected chi connectivity index (χ4v) is 5.29. The van der Waals surface area contributed by atoms with Gasteiger partial charge in [-0.05, 0) is 11.8 Å². The summed E-state index contributed by atoms with van der Waals surface area (Å²) < 4.78 is 0. The van der Waals surface area contributed by atoms with E-state index in [1.165, 1.54) is 173 Å². The standard InChI is InChI=1S/C33H68/c1-5-6-7-27-30-33(4)31-28-25-23-21-19-17-15-13-11-9-8-10-12-14-16-18-20-22-24-26-29-32(2)3/h32-33H,5-31H2,1-4H3. The Kier molecular flexibility index (Phi) is 28.2. The Hall–Kier alpha value is 0. The molecule has 0 aliphatic rings. The van der Waals surface area contributed by atoms with E-state index < -0.39 is 0 Å². The van der Waals surface area contributed by atoms with Crippen LogP contribution < -0.4 is 0 Å².